The number of hydrogen-bond donors (Lipinski definition) is 1. The van der Waals surface area contributed by atoms with Crippen molar-refractivity contribution in [2.45, 2.75) is 31.7 Å². The lowest BCUT2D eigenvalue weighted by atomic mass is 9.84. The Labute approximate surface area is 167 Å². The second kappa shape index (κ2) is 8.48. The summed E-state index contributed by atoms with van der Waals surface area (Å²) in [6, 6.07) is 13.4. The fourth-order valence-corrected chi connectivity index (χ4v) is 3.44. The van der Waals surface area contributed by atoms with E-state index in [-0.39, 0.29) is 5.91 Å². The summed E-state index contributed by atoms with van der Waals surface area (Å²) in [5.41, 5.74) is 1.27. The Morgan fingerprint density at radius 2 is 2.00 bits per heavy atom. The number of benzene rings is 2. The Morgan fingerprint density at radius 3 is 2.64 bits per heavy atom. The number of halogens is 2. The van der Waals surface area contributed by atoms with Crippen molar-refractivity contribution in [2.75, 3.05) is 6.54 Å². The highest BCUT2D eigenvalue weighted by molar-refractivity contribution is 6.31. The highest BCUT2D eigenvalue weighted by atomic mass is 35.5. The number of carbonyl (C=O) groups excluding carboxylic acids is 1. The third-order valence-corrected chi connectivity index (χ3v) is 4.94. The maximum atomic E-state index is 13.3. The zero-order valence-corrected chi connectivity index (χ0v) is 16.4. The van der Waals surface area contributed by atoms with Crippen molar-refractivity contribution in [3.8, 4) is 0 Å². The van der Waals surface area contributed by atoms with Crippen molar-refractivity contribution in [1.82, 2.24) is 25.5 Å². The Kier molecular flexibility index (Phi) is 6.04. The molecule has 3 rings (SSSR count). The molecule has 1 amide bonds. The lowest BCUT2D eigenvalue weighted by molar-refractivity contribution is -0.124. The molecular weight excluding hydrogens is 381 g/mol. The van der Waals surface area contributed by atoms with Gasteiger partial charge in [-0.3, -0.25) is 4.79 Å². The fraction of sp³-hybridized carbons (Fsp3) is 0.300. The quantitative estimate of drug-likeness (QED) is 0.659. The molecular formula is C20H21ClFN5O. The molecule has 1 unspecified atom stereocenters. The van der Waals surface area contributed by atoms with Crippen LogP contribution in [0.4, 0.5) is 4.39 Å². The molecule has 0 aliphatic carbocycles. The fourth-order valence-electron chi connectivity index (χ4n) is 3.01. The third-order valence-electron chi connectivity index (χ3n) is 4.62. The first-order chi connectivity index (χ1) is 13.4. The molecule has 6 nitrogen and oxygen atoms in total. The van der Waals surface area contributed by atoms with E-state index in [0.717, 1.165) is 11.1 Å². The number of nitrogens with zero attached hydrogens (tertiary/aromatic N) is 4. The molecule has 28 heavy (non-hydrogen) atoms. The number of tetrazole rings is 1. The standard InChI is InChI=1S/C20H21ClFN5O/c1-20(2,16-9-8-15(22)11-17(16)21)12-23-19(28)18(27-13-24-25-26-27)10-14-6-4-3-5-7-14/h3-9,11,13,18H,10,12H2,1-2H3,(H,23,28). The van der Waals surface area contributed by atoms with Gasteiger partial charge in [0.05, 0.1) is 0 Å². The number of aromatic nitrogens is 4. The zero-order chi connectivity index (χ0) is 20.1. The summed E-state index contributed by atoms with van der Waals surface area (Å²) < 4.78 is 14.8. The van der Waals surface area contributed by atoms with E-state index in [2.05, 4.69) is 20.8 Å². The van der Waals surface area contributed by atoms with Gasteiger partial charge in [0.15, 0.2) is 0 Å². The lowest BCUT2D eigenvalue weighted by Gasteiger charge is -2.28. The minimum Gasteiger partial charge on any atom is -0.353 e. The summed E-state index contributed by atoms with van der Waals surface area (Å²) in [5, 5.41) is 14.5. The average Bonchev–Trinajstić information content (AvgIpc) is 3.19. The molecule has 0 spiro atoms. The Hall–Kier alpha value is -2.80. The van der Waals surface area contributed by atoms with Crippen LogP contribution in [0.5, 0.6) is 0 Å². The van der Waals surface area contributed by atoms with Gasteiger partial charge in [-0.2, -0.15) is 0 Å². The summed E-state index contributed by atoms with van der Waals surface area (Å²) in [6.45, 7) is 4.20. The highest BCUT2D eigenvalue weighted by Crippen LogP contribution is 2.30. The van der Waals surface area contributed by atoms with Crippen LogP contribution in [0, 0.1) is 5.82 Å². The second-order valence-electron chi connectivity index (χ2n) is 7.22. The van der Waals surface area contributed by atoms with Gasteiger partial charge in [0.25, 0.3) is 0 Å². The summed E-state index contributed by atoms with van der Waals surface area (Å²) in [5.74, 6) is -0.599. The average molecular weight is 402 g/mol. The lowest BCUT2D eigenvalue weighted by Crippen LogP contribution is -2.41. The molecule has 0 saturated heterocycles. The van der Waals surface area contributed by atoms with E-state index in [0.29, 0.717) is 18.0 Å². The van der Waals surface area contributed by atoms with Crippen LogP contribution < -0.4 is 5.32 Å². The smallest absolute Gasteiger partial charge is 0.245 e. The SMILES string of the molecule is CC(C)(CNC(=O)C(Cc1ccccc1)n1cnnn1)c1ccc(F)cc1Cl. The Morgan fingerprint density at radius 1 is 1.25 bits per heavy atom. The first-order valence-electron chi connectivity index (χ1n) is 8.86. The molecule has 0 radical (unpaired) electrons. The zero-order valence-electron chi connectivity index (χ0n) is 15.6. The monoisotopic (exact) mass is 401 g/mol. The molecule has 1 atom stereocenters. The Balaban J connectivity index is 1.74. The van der Waals surface area contributed by atoms with Gasteiger partial charge in [0.1, 0.15) is 18.2 Å². The normalized spacial score (nSPS) is 12.6. The van der Waals surface area contributed by atoms with Crippen molar-refractivity contribution < 1.29 is 9.18 Å². The van der Waals surface area contributed by atoms with Crippen molar-refractivity contribution >= 4 is 17.5 Å². The van der Waals surface area contributed by atoms with E-state index in [1.54, 1.807) is 6.07 Å². The predicted octanol–water partition coefficient (Wildman–Crippen LogP) is 3.34. The summed E-state index contributed by atoms with van der Waals surface area (Å²) in [6.07, 6.45) is 1.88. The first kappa shape index (κ1) is 19.9. The highest BCUT2D eigenvalue weighted by Gasteiger charge is 2.28. The van der Waals surface area contributed by atoms with E-state index >= 15 is 0 Å². The van der Waals surface area contributed by atoms with E-state index in [1.165, 1.54) is 23.1 Å². The second-order valence-corrected chi connectivity index (χ2v) is 7.63. The molecule has 0 bridgehead atoms. The van der Waals surface area contributed by atoms with Crippen LogP contribution in [-0.2, 0) is 16.6 Å². The molecule has 2 aromatic carbocycles. The van der Waals surface area contributed by atoms with Crippen LogP contribution in [0.1, 0.15) is 31.0 Å². The minimum atomic E-state index is -0.586. The van der Waals surface area contributed by atoms with Crippen LogP contribution in [0.3, 0.4) is 0 Å². The minimum absolute atomic E-state index is 0.206. The van der Waals surface area contributed by atoms with Crippen LogP contribution >= 0.6 is 11.6 Å². The van der Waals surface area contributed by atoms with Crippen molar-refractivity contribution in [2.24, 2.45) is 0 Å². The molecule has 1 aromatic heterocycles. The van der Waals surface area contributed by atoms with Gasteiger partial charge >= 0.3 is 0 Å². The van der Waals surface area contributed by atoms with Crippen LogP contribution in [0.2, 0.25) is 5.02 Å². The van der Waals surface area contributed by atoms with E-state index in [4.69, 9.17) is 11.6 Å². The predicted molar refractivity (Wildman–Crippen MR) is 104 cm³/mol. The van der Waals surface area contributed by atoms with Crippen molar-refractivity contribution in [3.05, 3.63) is 76.8 Å². The third kappa shape index (κ3) is 4.72. The summed E-state index contributed by atoms with van der Waals surface area (Å²) in [7, 11) is 0. The molecule has 1 heterocycles. The summed E-state index contributed by atoms with van der Waals surface area (Å²) >= 11 is 6.20. The van der Waals surface area contributed by atoms with Crippen molar-refractivity contribution in [3.63, 3.8) is 0 Å². The number of amides is 1. The van der Waals surface area contributed by atoms with Gasteiger partial charge in [-0.1, -0.05) is 61.8 Å². The molecule has 8 heteroatoms. The maximum absolute atomic E-state index is 13.3. The largest absolute Gasteiger partial charge is 0.353 e. The number of nitrogens with one attached hydrogen (secondary N) is 1. The van der Waals surface area contributed by atoms with Gasteiger partial charge in [-0.15, -0.1) is 5.10 Å². The maximum Gasteiger partial charge on any atom is 0.245 e. The van der Waals surface area contributed by atoms with Crippen LogP contribution in [0.15, 0.2) is 54.9 Å². The van der Waals surface area contributed by atoms with Gasteiger partial charge in [0, 0.05) is 23.4 Å². The molecule has 0 saturated carbocycles. The van der Waals surface area contributed by atoms with Gasteiger partial charge in [-0.05, 0) is 33.7 Å². The number of rotatable bonds is 7. The van der Waals surface area contributed by atoms with Gasteiger partial charge in [0.2, 0.25) is 5.91 Å². The van der Waals surface area contributed by atoms with Crippen molar-refractivity contribution in [1.29, 1.82) is 0 Å². The molecule has 3 aromatic rings. The van der Waals surface area contributed by atoms with E-state index in [9.17, 15) is 9.18 Å². The number of carbonyl (C=O) groups is 1. The molecule has 0 aliphatic rings. The molecule has 0 aliphatic heterocycles. The Bertz CT molecular complexity index is 931. The first-order valence-corrected chi connectivity index (χ1v) is 9.24. The molecule has 1 N–H and O–H groups in total. The van der Waals surface area contributed by atoms with Gasteiger partial charge < -0.3 is 5.32 Å². The number of hydrogen-bond acceptors (Lipinski definition) is 4. The summed E-state index contributed by atoms with van der Waals surface area (Å²) in [4.78, 5) is 12.9. The van der Waals surface area contributed by atoms with E-state index < -0.39 is 17.3 Å². The van der Waals surface area contributed by atoms with E-state index in [1.807, 2.05) is 44.2 Å². The molecule has 0 fully saturated rings. The van der Waals surface area contributed by atoms with Crippen LogP contribution in [-0.4, -0.2) is 32.7 Å². The van der Waals surface area contributed by atoms with Crippen LogP contribution in [0.25, 0.3) is 0 Å². The molecule has 146 valence electrons. The topological polar surface area (TPSA) is 72.7 Å². The van der Waals surface area contributed by atoms with Gasteiger partial charge in [-0.25, -0.2) is 9.07 Å².